The lowest BCUT2D eigenvalue weighted by Gasteiger charge is -2.05. The van der Waals surface area contributed by atoms with Crippen LogP contribution in [0.5, 0.6) is 0 Å². The van der Waals surface area contributed by atoms with E-state index >= 15 is 0 Å². The Morgan fingerprint density at radius 2 is 1.95 bits per heavy atom. The van der Waals surface area contributed by atoms with Crippen molar-refractivity contribution in [1.82, 2.24) is 0 Å². The minimum atomic E-state index is 0.866. The van der Waals surface area contributed by atoms with Gasteiger partial charge in [-0.2, -0.15) is 0 Å². The molecule has 2 aromatic carbocycles. The van der Waals surface area contributed by atoms with E-state index in [1.54, 1.807) is 0 Å². The Kier molecular flexibility index (Phi) is 1.83. The zero-order chi connectivity index (χ0) is 13.1. The second kappa shape index (κ2) is 3.54. The highest BCUT2D eigenvalue weighted by Crippen LogP contribution is 2.28. The molecule has 2 heterocycles. The molecule has 0 unspecified atom stereocenters. The maximum absolute atomic E-state index is 4.78. The molecule has 0 N–H and O–H groups in total. The third-order valence-corrected chi connectivity index (χ3v) is 4.28. The molecule has 0 spiro atoms. The van der Waals surface area contributed by atoms with Crippen molar-refractivity contribution in [2.75, 3.05) is 6.54 Å². The van der Waals surface area contributed by atoms with Crippen LogP contribution < -0.4 is 10.4 Å². The highest BCUT2D eigenvalue weighted by molar-refractivity contribution is 6.40. The van der Waals surface area contributed by atoms with Crippen LogP contribution in [0.1, 0.15) is 12.0 Å². The second-order valence-electron chi connectivity index (χ2n) is 5.45. The zero-order valence-electron chi connectivity index (χ0n) is 10.9. The van der Waals surface area contributed by atoms with Crippen molar-refractivity contribution in [3.8, 4) is 11.1 Å². The van der Waals surface area contributed by atoms with Gasteiger partial charge in [0.25, 0.3) is 0 Å². The monoisotopic (exact) mass is 256 g/mol. The molecule has 94 valence electrons. The Labute approximate surface area is 116 Å². The fraction of sp³-hybridized carbons (Fsp3) is 0.111. The first kappa shape index (κ1) is 10.3. The second-order valence-corrected chi connectivity index (χ2v) is 5.45. The maximum atomic E-state index is 4.78. The van der Waals surface area contributed by atoms with Gasteiger partial charge >= 0.3 is 0 Å². The van der Waals surface area contributed by atoms with E-state index in [2.05, 4.69) is 47.5 Å². The van der Waals surface area contributed by atoms with E-state index in [1.165, 1.54) is 38.4 Å². The van der Waals surface area contributed by atoms with E-state index in [-0.39, 0.29) is 0 Å². The largest absolute Gasteiger partial charge is 0.292 e. The van der Waals surface area contributed by atoms with Crippen LogP contribution in [-0.2, 0) is 0 Å². The Morgan fingerprint density at radius 1 is 1.00 bits per heavy atom. The maximum Gasteiger partial charge on any atom is 0.0719 e. The molecule has 2 aromatic rings. The zero-order valence-corrected chi connectivity index (χ0v) is 10.9. The molecule has 0 saturated carbocycles. The Bertz CT molecular complexity index is 946. The Hall–Kier alpha value is -2.48. The summed E-state index contributed by atoms with van der Waals surface area (Å²) in [6.07, 6.45) is 5.21. The van der Waals surface area contributed by atoms with Gasteiger partial charge in [0.05, 0.1) is 11.4 Å². The van der Waals surface area contributed by atoms with Gasteiger partial charge in [-0.3, -0.25) is 9.98 Å². The van der Waals surface area contributed by atoms with Crippen molar-refractivity contribution < 1.29 is 0 Å². The van der Waals surface area contributed by atoms with Crippen molar-refractivity contribution in [1.29, 1.82) is 0 Å². The molecule has 20 heavy (non-hydrogen) atoms. The SMILES string of the molecule is C1=NCCC2=Nc3cc4c(cc3=C12)-c1ccccc1C=4. The molecule has 1 aliphatic carbocycles. The van der Waals surface area contributed by atoms with Crippen molar-refractivity contribution in [3.63, 3.8) is 0 Å². The van der Waals surface area contributed by atoms with E-state index in [0.717, 1.165) is 18.7 Å². The molecule has 2 heteroatoms. The molecule has 2 nitrogen and oxygen atoms in total. The third kappa shape index (κ3) is 1.23. The minimum absolute atomic E-state index is 0.866. The van der Waals surface area contributed by atoms with Gasteiger partial charge in [-0.15, -0.1) is 0 Å². The van der Waals surface area contributed by atoms with Crippen LogP contribution >= 0.6 is 0 Å². The highest BCUT2D eigenvalue weighted by Gasteiger charge is 2.20. The quantitative estimate of drug-likeness (QED) is 0.589. The number of nitrogens with zero attached hydrogens (tertiary/aromatic N) is 2. The average Bonchev–Trinajstić information content (AvgIpc) is 3.02. The molecule has 0 bridgehead atoms. The number of hydrogen-bond acceptors (Lipinski definition) is 2. The predicted octanol–water partition coefficient (Wildman–Crippen LogP) is 2.21. The molecule has 0 atom stereocenters. The molecular weight excluding hydrogens is 244 g/mol. The summed E-state index contributed by atoms with van der Waals surface area (Å²) < 4.78 is 0. The van der Waals surface area contributed by atoms with Gasteiger partial charge in [-0.25, -0.2) is 0 Å². The highest BCUT2D eigenvalue weighted by atomic mass is 14.8. The van der Waals surface area contributed by atoms with Crippen LogP contribution in [0, 0.1) is 0 Å². The smallest absolute Gasteiger partial charge is 0.0719 e. The normalized spacial score (nSPS) is 17.0. The van der Waals surface area contributed by atoms with Gasteiger partial charge in [0.2, 0.25) is 0 Å². The summed E-state index contributed by atoms with van der Waals surface area (Å²) in [7, 11) is 0. The lowest BCUT2D eigenvalue weighted by atomic mass is 10.0. The van der Waals surface area contributed by atoms with Crippen LogP contribution in [0.4, 0.5) is 5.69 Å². The van der Waals surface area contributed by atoms with Crippen LogP contribution in [0.15, 0.2) is 46.4 Å². The molecule has 0 saturated heterocycles. The molecule has 5 rings (SSSR count). The van der Waals surface area contributed by atoms with Crippen LogP contribution in [0.2, 0.25) is 0 Å². The molecule has 0 amide bonds. The summed E-state index contributed by atoms with van der Waals surface area (Å²) >= 11 is 0. The Morgan fingerprint density at radius 3 is 2.95 bits per heavy atom. The van der Waals surface area contributed by atoms with Gasteiger partial charge in [0.15, 0.2) is 0 Å². The molecule has 0 fully saturated rings. The summed E-state index contributed by atoms with van der Waals surface area (Å²) in [5, 5.41) is 2.53. The fourth-order valence-electron chi connectivity index (χ4n) is 3.32. The van der Waals surface area contributed by atoms with Crippen LogP contribution in [0.25, 0.3) is 22.8 Å². The predicted molar refractivity (Wildman–Crippen MR) is 83.2 cm³/mol. The molecule has 3 aliphatic rings. The van der Waals surface area contributed by atoms with Crippen molar-refractivity contribution in [3.05, 3.63) is 52.4 Å². The number of hydrogen-bond donors (Lipinski definition) is 0. The van der Waals surface area contributed by atoms with Crippen molar-refractivity contribution >= 4 is 29.3 Å². The van der Waals surface area contributed by atoms with Gasteiger partial charge in [-0.05, 0) is 40.1 Å². The summed E-state index contributed by atoms with van der Waals surface area (Å²) in [5.41, 5.74) is 7.48. The third-order valence-electron chi connectivity index (χ3n) is 4.28. The molecule has 2 aliphatic heterocycles. The Balaban J connectivity index is 1.88. The summed E-state index contributed by atoms with van der Waals surface area (Å²) in [4.78, 5) is 9.19. The van der Waals surface area contributed by atoms with Gasteiger partial charge < -0.3 is 0 Å². The van der Waals surface area contributed by atoms with E-state index in [1.807, 2.05) is 6.21 Å². The molecule has 0 radical (unpaired) electrons. The van der Waals surface area contributed by atoms with Crippen molar-refractivity contribution in [2.45, 2.75) is 6.42 Å². The number of rotatable bonds is 0. The van der Waals surface area contributed by atoms with E-state index < -0.39 is 0 Å². The summed E-state index contributed by atoms with van der Waals surface area (Å²) in [6, 6.07) is 13.1. The van der Waals surface area contributed by atoms with E-state index in [0.29, 0.717) is 0 Å². The first-order valence-electron chi connectivity index (χ1n) is 6.97. The van der Waals surface area contributed by atoms with Gasteiger partial charge in [0.1, 0.15) is 0 Å². The topological polar surface area (TPSA) is 24.7 Å². The number of benzene rings is 2. The lowest BCUT2D eigenvalue weighted by molar-refractivity contribution is 1.05. The van der Waals surface area contributed by atoms with E-state index in [4.69, 9.17) is 4.99 Å². The first-order valence-corrected chi connectivity index (χ1v) is 6.97. The number of fused-ring (bicyclic) bond motifs is 5. The molecular formula is C18H12N2. The van der Waals surface area contributed by atoms with Crippen molar-refractivity contribution in [2.24, 2.45) is 9.98 Å². The van der Waals surface area contributed by atoms with E-state index in [9.17, 15) is 0 Å². The molecule has 0 aromatic heterocycles. The lowest BCUT2D eigenvalue weighted by Crippen LogP contribution is -2.16. The first-order chi connectivity index (χ1) is 9.90. The summed E-state index contributed by atoms with van der Waals surface area (Å²) in [5.74, 6) is 0. The standard InChI is InChI=1S/C18H12N2/c1-2-4-13-11(3-1)7-12-8-18-15(9-14(12)13)16-10-19-6-5-17(16)20-18/h1-4,7-10H,5-6H2. The van der Waals surface area contributed by atoms with Crippen LogP contribution in [-0.4, -0.2) is 18.5 Å². The number of aliphatic imine (C=N–C) groups is 2. The fourth-order valence-corrected chi connectivity index (χ4v) is 3.32. The van der Waals surface area contributed by atoms with Crippen LogP contribution in [0.3, 0.4) is 0 Å². The van der Waals surface area contributed by atoms with Gasteiger partial charge in [0, 0.05) is 30.0 Å². The van der Waals surface area contributed by atoms with Gasteiger partial charge in [-0.1, -0.05) is 24.3 Å². The average molecular weight is 256 g/mol. The summed E-state index contributed by atoms with van der Waals surface area (Å²) in [6.45, 7) is 0.866. The minimum Gasteiger partial charge on any atom is -0.292 e.